The molecule has 0 fully saturated rings. The molecule has 3 heterocycles. The molecule has 0 saturated heterocycles. The Morgan fingerprint density at radius 2 is 1.97 bits per heavy atom. The van der Waals surface area contributed by atoms with Crippen LogP contribution in [-0.2, 0) is 11.3 Å². The Balaban J connectivity index is 1.24. The first-order chi connectivity index (χ1) is 18.2. The van der Waals surface area contributed by atoms with Crippen molar-refractivity contribution in [1.29, 1.82) is 0 Å². The molecule has 2 N–H and O–H groups in total. The van der Waals surface area contributed by atoms with Crippen LogP contribution in [0.1, 0.15) is 5.56 Å². The summed E-state index contributed by atoms with van der Waals surface area (Å²) in [5.74, 6) is 2.87. The van der Waals surface area contributed by atoms with Gasteiger partial charge in [-0.1, -0.05) is 42.1 Å². The molecule has 1 aliphatic heterocycles. The predicted molar refractivity (Wildman–Crippen MR) is 140 cm³/mol. The number of hydrogen-bond donors (Lipinski definition) is 2. The van der Waals surface area contributed by atoms with Gasteiger partial charge in [-0.05, 0) is 35.9 Å². The third-order valence-corrected chi connectivity index (χ3v) is 6.96. The second-order valence-corrected chi connectivity index (χ2v) is 9.29. The summed E-state index contributed by atoms with van der Waals surface area (Å²) >= 11 is 1.32. The Hall–Kier alpha value is -4.44. The summed E-state index contributed by atoms with van der Waals surface area (Å²) in [6.07, 6.45) is 1.93. The molecule has 6 rings (SSSR count). The van der Waals surface area contributed by atoms with Crippen LogP contribution in [0.2, 0.25) is 0 Å². The van der Waals surface area contributed by atoms with E-state index in [1.54, 1.807) is 7.11 Å². The van der Waals surface area contributed by atoms with Crippen LogP contribution in [0.25, 0.3) is 28.0 Å². The molecular weight excluding hydrogens is 490 g/mol. The average Bonchev–Trinajstić information content (AvgIpc) is 3.68. The molecule has 0 atom stereocenters. The summed E-state index contributed by atoms with van der Waals surface area (Å²) in [4.78, 5) is 16.0. The van der Waals surface area contributed by atoms with Gasteiger partial charge >= 0.3 is 0 Å². The van der Waals surface area contributed by atoms with Crippen LogP contribution in [0.4, 0.5) is 0 Å². The van der Waals surface area contributed by atoms with Crippen molar-refractivity contribution in [3.8, 4) is 34.3 Å². The van der Waals surface area contributed by atoms with Crippen LogP contribution >= 0.6 is 11.8 Å². The van der Waals surface area contributed by atoms with E-state index in [4.69, 9.17) is 14.2 Å². The van der Waals surface area contributed by atoms with Gasteiger partial charge in [0.2, 0.25) is 12.7 Å². The molecule has 1 amide bonds. The number of para-hydroxylation sites is 1. The highest BCUT2D eigenvalue weighted by Crippen LogP contribution is 2.34. The fourth-order valence-corrected chi connectivity index (χ4v) is 4.99. The van der Waals surface area contributed by atoms with Crippen LogP contribution in [0.5, 0.6) is 17.2 Å². The number of carbonyl (C=O) groups excluding carboxylic acids is 1. The molecule has 0 aliphatic carbocycles. The maximum atomic E-state index is 12.7. The number of aromatic amines is 1. The lowest BCUT2D eigenvalue weighted by atomic mass is 10.1. The lowest BCUT2D eigenvalue weighted by molar-refractivity contribution is -0.118. The third-order valence-electron chi connectivity index (χ3n) is 6.03. The van der Waals surface area contributed by atoms with Gasteiger partial charge in [0.25, 0.3) is 0 Å². The number of nitrogens with zero attached hydrogens (tertiary/aromatic N) is 3. The molecule has 37 heavy (non-hydrogen) atoms. The number of thioether (sulfide) groups is 1. The number of aromatic nitrogens is 4. The van der Waals surface area contributed by atoms with E-state index < -0.39 is 0 Å². The number of benzene rings is 3. The van der Waals surface area contributed by atoms with Crippen molar-refractivity contribution in [1.82, 2.24) is 25.1 Å². The van der Waals surface area contributed by atoms with E-state index in [0.29, 0.717) is 34.8 Å². The number of carbonyl (C=O) groups is 1. The first kappa shape index (κ1) is 23.0. The van der Waals surface area contributed by atoms with Gasteiger partial charge < -0.3 is 24.5 Å². The monoisotopic (exact) mass is 513 g/mol. The van der Waals surface area contributed by atoms with Crippen LogP contribution in [0.15, 0.2) is 78.1 Å². The summed E-state index contributed by atoms with van der Waals surface area (Å²) in [5.41, 5.74) is 3.71. The number of methoxy groups -OCH3 is 1. The van der Waals surface area contributed by atoms with Gasteiger partial charge in [0.1, 0.15) is 5.75 Å². The molecule has 3 aromatic carbocycles. The molecule has 0 radical (unpaired) electrons. The van der Waals surface area contributed by atoms with Crippen molar-refractivity contribution in [3.05, 3.63) is 78.5 Å². The largest absolute Gasteiger partial charge is 0.497 e. The minimum Gasteiger partial charge on any atom is -0.497 e. The van der Waals surface area contributed by atoms with Gasteiger partial charge in [0.15, 0.2) is 22.5 Å². The number of hydrogen-bond acceptors (Lipinski definition) is 7. The molecule has 0 bridgehead atoms. The number of fused-ring (bicyclic) bond motifs is 2. The minimum atomic E-state index is -0.114. The van der Waals surface area contributed by atoms with Crippen molar-refractivity contribution >= 4 is 28.6 Å². The summed E-state index contributed by atoms with van der Waals surface area (Å²) in [6, 6.07) is 21.4. The molecule has 1 aliphatic rings. The standard InChI is InChI=1S/C27H23N5O4S/c1-34-19-6-4-5-18(12-19)32-26(21-14-28-22-8-3-2-7-20(21)22)30-31-27(32)37-15-25(33)29-13-17-9-10-23-24(11-17)36-16-35-23/h2-12,14,28H,13,15-16H2,1H3,(H,29,33). The molecule has 0 saturated carbocycles. The maximum Gasteiger partial charge on any atom is 0.231 e. The second kappa shape index (κ2) is 9.90. The Kier molecular flexibility index (Phi) is 6.15. The van der Waals surface area contributed by atoms with Crippen LogP contribution < -0.4 is 19.5 Å². The number of H-pyrrole nitrogens is 1. The fraction of sp³-hybridized carbons (Fsp3) is 0.148. The summed E-state index contributed by atoms with van der Waals surface area (Å²) < 4.78 is 18.2. The lowest BCUT2D eigenvalue weighted by Gasteiger charge is -2.11. The van der Waals surface area contributed by atoms with Gasteiger partial charge in [0, 0.05) is 35.3 Å². The van der Waals surface area contributed by atoms with Crippen molar-refractivity contribution in [2.45, 2.75) is 11.7 Å². The molecule has 2 aromatic heterocycles. The van der Waals surface area contributed by atoms with Crippen LogP contribution in [-0.4, -0.2) is 45.3 Å². The van der Waals surface area contributed by atoms with Crippen LogP contribution in [0, 0.1) is 0 Å². The Labute approximate surface area is 216 Å². The van der Waals surface area contributed by atoms with Gasteiger partial charge in [-0.15, -0.1) is 10.2 Å². The Morgan fingerprint density at radius 3 is 2.89 bits per heavy atom. The van der Waals surface area contributed by atoms with E-state index in [9.17, 15) is 4.79 Å². The van der Waals surface area contributed by atoms with Crippen molar-refractivity contribution in [2.75, 3.05) is 19.7 Å². The molecule has 186 valence electrons. The van der Waals surface area contributed by atoms with Crippen molar-refractivity contribution in [3.63, 3.8) is 0 Å². The summed E-state index contributed by atoms with van der Waals surface area (Å²) in [5, 5.41) is 13.6. The Bertz CT molecular complexity index is 1600. The summed E-state index contributed by atoms with van der Waals surface area (Å²) in [6.45, 7) is 0.607. The zero-order valence-electron chi connectivity index (χ0n) is 19.9. The Morgan fingerprint density at radius 1 is 1.08 bits per heavy atom. The molecule has 0 spiro atoms. The maximum absolute atomic E-state index is 12.7. The topological polar surface area (TPSA) is 103 Å². The van der Waals surface area contributed by atoms with E-state index in [1.807, 2.05) is 77.5 Å². The first-order valence-electron chi connectivity index (χ1n) is 11.6. The van der Waals surface area contributed by atoms with Gasteiger partial charge in [0.05, 0.1) is 18.6 Å². The smallest absolute Gasteiger partial charge is 0.231 e. The molecular formula is C27H23N5O4S. The molecule has 5 aromatic rings. The molecule has 10 heteroatoms. The summed E-state index contributed by atoms with van der Waals surface area (Å²) in [7, 11) is 1.63. The number of nitrogens with one attached hydrogen (secondary N) is 2. The van der Waals surface area contributed by atoms with E-state index in [-0.39, 0.29) is 18.5 Å². The minimum absolute atomic E-state index is 0.114. The first-order valence-corrected chi connectivity index (χ1v) is 12.6. The quantitative estimate of drug-likeness (QED) is 0.293. The second-order valence-electron chi connectivity index (χ2n) is 8.34. The number of amides is 1. The highest BCUT2D eigenvalue weighted by Gasteiger charge is 2.20. The van der Waals surface area contributed by atoms with E-state index in [1.165, 1.54) is 11.8 Å². The highest BCUT2D eigenvalue weighted by atomic mass is 32.2. The van der Waals surface area contributed by atoms with E-state index >= 15 is 0 Å². The van der Waals surface area contributed by atoms with Crippen molar-refractivity contribution in [2.24, 2.45) is 0 Å². The number of ether oxygens (including phenoxy) is 3. The SMILES string of the molecule is COc1cccc(-n2c(SCC(=O)NCc3ccc4c(c3)OCO4)nnc2-c2c[nH]c3ccccc23)c1. The van der Waals surface area contributed by atoms with Crippen LogP contribution in [0.3, 0.4) is 0 Å². The van der Waals surface area contributed by atoms with E-state index in [2.05, 4.69) is 20.5 Å². The number of rotatable bonds is 8. The fourth-order valence-electron chi connectivity index (χ4n) is 4.21. The predicted octanol–water partition coefficient (Wildman–Crippen LogP) is 4.56. The van der Waals surface area contributed by atoms with E-state index in [0.717, 1.165) is 27.7 Å². The van der Waals surface area contributed by atoms with Crippen molar-refractivity contribution < 1.29 is 19.0 Å². The van der Waals surface area contributed by atoms with Gasteiger partial charge in [-0.2, -0.15) is 0 Å². The van der Waals surface area contributed by atoms with Gasteiger partial charge in [-0.3, -0.25) is 9.36 Å². The normalized spacial score (nSPS) is 12.1. The molecule has 0 unspecified atom stereocenters. The zero-order chi connectivity index (χ0) is 25.2. The highest BCUT2D eigenvalue weighted by molar-refractivity contribution is 7.99. The third kappa shape index (κ3) is 4.58. The van der Waals surface area contributed by atoms with Gasteiger partial charge in [-0.25, -0.2) is 0 Å². The zero-order valence-corrected chi connectivity index (χ0v) is 20.7. The average molecular weight is 514 g/mol. The molecule has 9 nitrogen and oxygen atoms in total. The lowest BCUT2D eigenvalue weighted by Crippen LogP contribution is -2.24.